The zero-order valence-corrected chi connectivity index (χ0v) is 56.4. The Hall–Kier alpha value is -1.29. The Balaban J connectivity index is 0.00000980. The third-order valence-corrected chi connectivity index (χ3v) is 22.6. The summed E-state index contributed by atoms with van der Waals surface area (Å²) in [4.78, 5) is 27.6. The van der Waals surface area contributed by atoms with Gasteiger partial charge in [0.05, 0.1) is 50.0 Å². The number of carbonyl (C=O) groups excluding carboxylic acids is 2. The van der Waals surface area contributed by atoms with Gasteiger partial charge < -0.3 is 117 Å². The fourth-order valence-electron chi connectivity index (χ4n) is 17.7. The van der Waals surface area contributed by atoms with Gasteiger partial charge in [0.2, 0.25) is 10.4 Å². The molecular formula is C60H95NaO29S. The monoisotopic (exact) mass is 1330 g/mol. The molecule has 29 nitrogen and oxygen atoms in total. The van der Waals surface area contributed by atoms with E-state index in [1.807, 2.05) is 6.92 Å². The van der Waals surface area contributed by atoms with Gasteiger partial charge in [-0.1, -0.05) is 59.6 Å². The zero-order valence-electron chi connectivity index (χ0n) is 53.6. The zero-order chi connectivity index (χ0) is 65.7. The van der Waals surface area contributed by atoms with E-state index in [4.69, 9.17) is 65.8 Å². The number of cyclic esters (lactones) is 1. The van der Waals surface area contributed by atoms with Crippen molar-refractivity contribution in [2.45, 2.75) is 273 Å². The van der Waals surface area contributed by atoms with Gasteiger partial charge in [-0.25, -0.2) is 8.42 Å². The summed E-state index contributed by atoms with van der Waals surface area (Å²) in [6, 6.07) is 0. The van der Waals surface area contributed by atoms with E-state index in [1.165, 1.54) is 21.0 Å². The van der Waals surface area contributed by atoms with E-state index >= 15 is 0 Å². The van der Waals surface area contributed by atoms with Crippen LogP contribution < -0.4 is 29.6 Å². The molecule has 10 rings (SSSR count). The molecule has 0 aromatic carbocycles. The first-order chi connectivity index (χ1) is 42.2. The smallest absolute Gasteiger partial charge is 0.726 e. The Bertz CT molecular complexity index is 2680. The largest absolute Gasteiger partial charge is 1.00 e. The number of hydrogen-bond acceptors (Lipinski definition) is 29. The number of carbonyl (C=O) groups is 2. The molecule has 91 heavy (non-hydrogen) atoms. The predicted molar refractivity (Wildman–Crippen MR) is 301 cm³/mol. The van der Waals surface area contributed by atoms with Gasteiger partial charge in [0.1, 0.15) is 109 Å². The molecule has 0 aromatic rings. The van der Waals surface area contributed by atoms with Gasteiger partial charge in [0.25, 0.3) is 0 Å². The number of aliphatic hydroxyl groups is 10. The molecule has 1 spiro atoms. The first kappa shape index (κ1) is 73.9. The maximum absolute atomic E-state index is 14.8. The quantitative estimate of drug-likeness (QED) is 0.0193. The Morgan fingerprint density at radius 1 is 0.714 bits per heavy atom. The fraction of sp³-hybridized carbons (Fsp3) is 0.933. The van der Waals surface area contributed by atoms with Crippen molar-refractivity contribution < 1.29 is 169 Å². The number of ether oxygens (including phenoxy) is 13. The van der Waals surface area contributed by atoms with Crippen molar-refractivity contribution in [2.75, 3.05) is 33.5 Å². The minimum atomic E-state index is -5.51. The Morgan fingerprint density at radius 2 is 1.33 bits per heavy atom. The molecule has 4 aliphatic carbocycles. The average Bonchev–Trinajstić information content (AvgIpc) is 1.52. The summed E-state index contributed by atoms with van der Waals surface area (Å²) in [6.07, 6.45) is -31.2. The van der Waals surface area contributed by atoms with Crippen LogP contribution in [0.5, 0.6) is 0 Å². The van der Waals surface area contributed by atoms with E-state index in [9.17, 15) is 73.6 Å². The van der Waals surface area contributed by atoms with Crippen molar-refractivity contribution in [2.24, 2.45) is 45.3 Å². The molecule has 31 atom stereocenters. The molecule has 0 bridgehead atoms. The topological polar surface area (TPSA) is 423 Å². The summed E-state index contributed by atoms with van der Waals surface area (Å²) in [5, 5.41) is 111. The SMILES string of the molecule is COC1C(O)C(CO)OC(OC2C(O)COC(OC3C(C)OC(OC4C(OC5CCC6(C)C7CCC89C(=O)OC(C)(CCCC(C)C)C8C(OC(C)=O)CC9(C)C7=CCC6C5(C)C)OCC(OS(=O)(=O)[O-])C4O)C(OC4OCC(O)C(O)C4O)C3O)C2O)C1O.[Na+]. The molecule has 516 valence electrons. The maximum atomic E-state index is 14.8. The number of hydrogen-bond donors (Lipinski definition) is 10. The van der Waals surface area contributed by atoms with Crippen molar-refractivity contribution >= 4 is 22.3 Å². The molecule has 0 radical (unpaired) electrons. The summed E-state index contributed by atoms with van der Waals surface area (Å²) >= 11 is 0. The summed E-state index contributed by atoms with van der Waals surface area (Å²) < 4.78 is 120. The maximum Gasteiger partial charge on any atom is 1.00 e. The summed E-state index contributed by atoms with van der Waals surface area (Å²) in [6.45, 7) is 15.1. The van der Waals surface area contributed by atoms with Gasteiger partial charge in [-0.3, -0.25) is 13.8 Å². The van der Waals surface area contributed by atoms with E-state index in [-0.39, 0.29) is 58.7 Å². The summed E-state index contributed by atoms with van der Waals surface area (Å²) in [7, 11) is -4.32. The third kappa shape index (κ3) is 13.6. The second-order valence-electron chi connectivity index (χ2n) is 28.4. The molecule has 6 aliphatic heterocycles. The normalized spacial score (nSPS) is 49.7. The second kappa shape index (κ2) is 28.1. The molecule has 31 heteroatoms. The van der Waals surface area contributed by atoms with Gasteiger partial charge >= 0.3 is 41.5 Å². The van der Waals surface area contributed by atoms with Gasteiger partial charge in [0.15, 0.2) is 31.5 Å². The Labute approximate surface area is 552 Å². The Morgan fingerprint density at radius 3 is 1.98 bits per heavy atom. The van der Waals surface area contributed by atoms with Crippen LogP contribution in [0.15, 0.2) is 11.6 Å². The van der Waals surface area contributed by atoms with Crippen molar-refractivity contribution in [1.29, 1.82) is 0 Å². The van der Waals surface area contributed by atoms with Gasteiger partial charge in [-0.15, -0.1) is 0 Å². The molecule has 10 N–H and O–H groups in total. The molecule has 10 aliphatic rings. The van der Waals surface area contributed by atoms with Crippen LogP contribution >= 0.6 is 0 Å². The van der Waals surface area contributed by atoms with Crippen LogP contribution in [-0.4, -0.2) is 263 Å². The van der Waals surface area contributed by atoms with Crippen LogP contribution in [0.1, 0.15) is 120 Å². The second-order valence-corrected chi connectivity index (χ2v) is 29.4. The van der Waals surface area contributed by atoms with Crippen LogP contribution in [0.25, 0.3) is 0 Å². The van der Waals surface area contributed by atoms with E-state index in [0.717, 1.165) is 18.4 Å². The van der Waals surface area contributed by atoms with Crippen LogP contribution in [-0.2, 0) is 85.8 Å². The molecule has 3 saturated carbocycles. The molecule has 9 fully saturated rings. The predicted octanol–water partition coefficient (Wildman–Crippen LogP) is -4.18. The average molecular weight is 1340 g/mol. The summed E-state index contributed by atoms with van der Waals surface area (Å²) in [5.74, 6) is -0.646. The number of allylic oxidation sites excluding steroid dienone is 2. The molecule has 0 amide bonds. The summed E-state index contributed by atoms with van der Waals surface area (Å²) in [5.41, 5.74) is -2.39. The van der Waals surface area contributed by atoms with Crippen LogP contribution in [0, 0.1) is 45.3 Å². The standard InChI is InChI=1S/C60H96O29S.Na/c1-25(2)12-11-17-59(9)49-32(81-27(4)62)20-58(8)29-13-14-35-56(5,6)36(16-18-57(35,7)28(29)15-19-60(49,58)55(72)88-59)83-53-47(39(67)34(24-79-53)89-90(73,74)75)87-54-48(86-50-40(68)37(65)30(63)22-77-50)41(69)44(26(3)80-54)84-51-42(70)45(31(64)23-78-51)85-52-43(71)46(76-10)38(66)33(21-61)82-52;/h13,25-26,28,30-54,61,63-71H,11-12,14-24H2,1-10H3,(H,73,74,75);/q;+1/p-1. The molecule has 6 heterocycles. The molecule has 0 aromatic heterocycles. The van der Waals surface area contributed by atoms with E-state index in [0.29, 0.717) is 50.9 Å². The van der Waals surface area contributed by atoms with Gasteiger partial charge in [-0.05, 0) is 93.8 Å². The van der Waals surface area contributed by atoms with Gasteiger partial charge in [0, 0.05) is 19.4 Å². The molecule has 6 saturated heterocycles. The van der Waals surface area contributed by atoms with Gasteiger partial charge in [-0.2, -0.15) is 0 Å². The van der Waals surface area contributed by atoms with Crippen LogP contribution in [0.4, 0.5) is 0 Å². The minimum absolute atomic E-state index is 0. The van der Waals surface area contributed by atoms with Crippen LogP contribution in [0.2, 0.25) is 0 Å². The number of esters is 2. The van der Waals surface area contributed by atoms with Crippen molar-refractivity contribution in [3.63, 3.8) is 0 Å². The van der Waals surface area contributed by atoms with Crippen molar-refractivity contribution in [1.82, 2.24) is 0 Å². The number of aliphatic hydroxyl groups excluding tert-OH is 10. The number of rotatable bonds is 19. The van der Waals surface area contributed by atoms with Crippen molar-refractivity contribution in [3.05, 3.63) is 11.6 Å². The number of methoxy groups -OCH3 is 1. The third-order valence-electron chi connectivity index (χ3n) is 22.1. The van der Waals surface area contributed by atoms with Crippen molar-refractivity contribution in [3.8, 4) is 0 Å². The Kier molecular flexibility index (Phi) is 22.9. The fourth-order valence-corrected chi connectivity index (χ4v) is 18.1. The first-order valence-corrected chi connectivity index (χ1v) is 32.9. The minimum Gasteiger partial charge on any atom is -0.726 e. The molecule has 31 unspecified atom stereocenters. The van der Waals surface area contributed by atoms with E-state index in [2.05, 4.69) is 47.6 Å². The van der Waals surface area contributed by atoms with E-state index in [1.54, 1.807) is 0 Å². The van der Waals surface area contributed by atoms with Crippen LogP contribution in [0.3, 0.4) is 0 Å². The first-order valence-electron chi connectivity index (χ1n) is 31.6. The number of fused-ring (bicyclic) bond motifs is 4. The molecular weight excluding hydrogens is 1240 g/mol. The van der Waals surface area contributed by atoms with E-state index < -0.39 is 212 Å².